The molecule has 1 fully saturated rings. The average molecular weight is 421 g/mol. The van der Waals surface area contributed by atoms with Gasteiger partial charge in [-0.2, -0.15) is 0 Å². The Bertz CT molecular complexity index is 335. The monoisotopic (exact) mass is 420 g/mol. The van der Waals surface area contributed by atoms with Crippen LogP contribution < -0.4 is 0 Å². The summed E-state index contributed by atoms with van der Waals surface area (Å²) in [6, 6.07) is 0. The fourth-order valence-electron chi connectivity index (χ4n) is 2.57. The first-order valence-corrected chi connectivity index (χ1v) is 18.8. The highest BCUT2D eigenvalue weighted by Gasteiger charge is 2.64. The van der Waals surface area contributed by atoms with Crippen LogP contribution in [-0.4, -0.2) is 34.0 Å². The summed E-state index contributed by atoms with van der Waals surface area (Å²) in [5.41, 5.74) is 0. The molecule has 0 aromatic rings. The van der Waals surface area contributed by atoms with Crippen LogP contribution in [0.15, 0.2) is 0 Å². The van der Waals surface area contributed by atoms with Gasteiger partial charge in [-0.1, -0.05) is 98.5 Å². The Hall–Kier alpha value is 2.10. The van der Waals surface area contributed by atoms with Crippen LogP contribution in [0.4, 0.5) is 0 Å². The van der Waals surface area contributed by atoms with E-state index in [-0.39, 0.29) is 0 Å². The van der Waals surface area contributed by atoms with Crippen molar-refractivity contribution in [3.63, 3.8) is 0 Å². The molecule has 0 N–H and O–H groups in total. The molecule has 0 nitrogen and oxygen atoms in total. The largest absolute Gasteiger partial charge is 0.0976 e. The van der Waals surface area contributed by atoms with Gasteiger partial charge in [0.05, 0.1) is 0 Å². The topological polar surface area (TPSA) is 0 Å². The number of rotatable bonds is 13. The van der Waals surface area contributed by atoms with Crippen molar-refractivity contribution in [2.45, 2.75) is 77.2 Å². The zero-order valence-electron chi connectivity index (χ0n) is 15.3. The van der Waals surface area contributed by atoms with Gasteiger partial charge in [0.25, 0.3) is 0 Å². The van der Waals surface area contributed by atoms with Crippen molar-refractivity contribution in [2.75, 3.05) is 23.5 Å². The van der Waals surface area contributed by atoms with Gasteiger partial charge in [-0.3, -0.25) is 0 Å². The maximum Gasteiger partial charge on any atom is 0.0152 e. The molecule has 136 valence electrons. The molecule has 0 aromatic carbocycles. The van der Waals surface area contributed by atoms with Crippen molar-refractivity contribution in [1.29, 1.82) is 0 Å². The van der Waals surface area contributed by atoms with Gasteiger partial charge < -0.3 is 0 Å². The second-order valence-corrected chi connectivity index (χ2v) is 36.3. The second-order valence-electron chi connectivity index (χ2n) is 6.16. The molecule has 1 aliphatic carbocycles. The van der Waals surface area contributed by atoms with Crippen LogP contribution in [-0.2, 0) is 0 Å². The fourth-order valence-corrected chi connectivity index (χ4v) is 43.6. The minimum absolute atomic E-state index is 0.709. The molecule has 1 saturated carbocycles. The molecular weight excluding hydrogens is 385 g/mol. The van der Waals surface area contributed by atoms with Crippen molar-refractivity contribution in [1.82, 2.24) is 0 Å². The predicted octanol–water partition coefficient (Wildman–Crippen LogP) is 8.53. The van der Waals surface area contributed by atoms with Crippen molar-refractivity contribution in [3.05, 3.63) is 0 Å². The Morgan fingerprint density at radius 1 is 1.05 bits per heavy atom. The first kappa shape index (κ1) is 22.1. The summed E-state index contributed by atoms with van der Waals surface area (Å²) < 4.78 is -2.34. The zero-order chi connectivity index (χ0) is 16.8. The van der Waals surface area contributed by atoms with Gasteiger partial charge in [-0.15, -0.1) is 0 Å². The third kappa shape index (κ3) is 5.06. The second kappa shape index (κ2) is 8.66. The maximum atomic E-state index is 2.46. The third-order valence-corrected chi connectivity index (χ3v) is 40.9. The van der Waals surface area contributed by atoms with E-state index in [0.29, 0.717) is 5.25 Å². The normalized spacial score (nSPS) is 19.2. The van der Waals surface area contributed by atoms with E-state index in [4.69, 9.17) is 0 Å². The number of unbranched alkanes of at least 4 members (excludes halogenated alkanes) is 1. The summed E-state index contributed by atoms with van der Waals surface area (Å²) in [7, 11) is 11.9. The van der Waals surface area contributed by atoms with Crippen molar-refractivity contribution in [3.8, 4) is 0 Å². The molecule has 0 unspecified atom stereocenters. The van der Waals surface area contributed by atoms with E-state index in [1.165, 1.54) is 49.4 Å². The smallest absolute Gasteiger partial charge is 0.0152 e. The van der Waals surface area contributed by atoms with E-state index >= 15 is 0 Å². The fraction of sp³-hybridized carbons (Fsp3) is 1.00. The summed E-state index contributed by atoms with van der Waals surface area (Å²) in [5.74, 6) is 3.99. The maximum absolute atomic E-state index is 2.46. The van der Waals surface area contributed by atoms with Crippen molar-refractivity contribution < 1.29 is 0 Å². The summed E-state index contributed by atoms with van der Waals surface area (Å²) in [5, 5.41) is 1.64. The Labute approximate surface area is 157 Å². The molecule has 0 aliphatic heterocycles. The van der Waals surface area contributed by atoms with Crippen LogP contribution >= 0.6 is 57.4 Å². The Morgan fingerprint density at radius 2 is 1.73 bits per heavy atom. The molecule has 0 spiro atoms. The SMILES string of the molecule is CCCCS(SC)(SCC)(SCCC)(SC(C)C)SC1CC1. The van der Waals surface area contributed by atoms with Gasteiger partial charge in [0.15, 0.2) is 0 Å². The predicted molar refractivity (Wildman–Crippen MR) is 125 cm³/mol. The van der Waals surface area contributed by atoms with Gasteiger partial charge >= 0.3 is 0 Å². The lowest BCUT2D eigenvalue weighted by Gasteiger charge is -2.76. The summed E-state index contributed by atoms with van der Waals surface area (Å²) >= 11 is 0. The quantitative estimate of drug-likeness (QED) is 0.273. The first-order chi connectivity index (χ1) is 10.3. The van der Waals surface area contributed by atoms with Gasteiger partial charge in [0.1, 0.15) is 0 Å². The standard InChI is InChI=1S/C16H36S6/c1-7-10-14-22(17-6,18-9-3,19-13-8-2,20-15(4)5)21-16-11-12-16/h15-16H,7-14H2,1-6H3. The molecule has 1 rings (SSSR count). The number of hydrogen-bond acceptors (Lipinski definition) is 5. The van der Waals surface area contributed by atoms with Gasteiger partial charge in [0, 0.05) is 27.8 Å². The zero-order valence-corrected chi connectivity index (χ0v) is 20.2. The molecule has 6 heteroatoms. The third-order valence-electron chi connectivity index (χ3n) is 3.56. The molecule has 0 amide bonds. The van der Waals surface area contributed by atoms with Crippen molar-refractivity contribution in [2.24, 2.45) is 0 Å². The minimum Gasteiger partial charge on any atom is -0.0976 e. The number of hydrogen-bond donors (Lipinski definition) is 0. The molecule has 22 heavy (non-hydrogen) atoms. The first-order valence-electron chi connectivity index (χ1n) is 8.67. The summed E-state index contributed by atoms with van der Waals surface area (Å²) in [4.78, 5) is 0. The summed E-state index contributed by atoms with van der Waals surface area (Å²) in [6.45, 7) is 11.9. The van der Waals surface area contributed by atoms with Gasteiger partial charge in [-0.25, -0.2) is 0 Å². The van der Waals surface area contributed by atoms with Crippen LogP contribution in [0.3, 0.4) is 0 Å². The van der Waals surface area contributed by atoms with Gasteiger partial charge in [0.2, 0.25) is 0 Å². The van der Waals surface area contributed by atoms with Crippen LogP contribution in [0.2, 0.25) is 0 Å². The van der Waals surface area contributed by atoms with E-state index in [1.807, 2.05) is 0 Å². The Balaban J connectivity index is 3.38. The molecule has 0 atom stereocenters. The van der Waals surface area contributed by atoms with E-state index in [9.17, 15) is 0 Å². The van der Waals surface area contributed by atoms with E-state index < -0.39 is 3.45 Å². The highest BCUT2D eigenvalue weighted by Crippen LogP contribution is 3.23. The Morgan fingerprint density at radius 3 is 2.14 bits per heavy atom. The van der Waals surface area contributed by atoms with Crippen LogP contribution in [0, 0.1) is 0 Å². The molecule has 0 aromatic heterocycles. The van der Waals surface area contributed by atoms with E-state index in [2.05, 4.69) is 94.8 Å². The van der Waals surface area contributed by atoms with E-state index in [1.54, 1.807) is 0 Å². The lowest BCUT2D eigenvalue weighted by molar-refractivity contribution is 0.896. The van der Waals surface area contributed by atoms with Crippen LogP contribution in [0.25, 0.3) is 0 Å². The average Bonchev–Trinajstić information content (AvgIpc) is 3.27. The van der Waals surface area contributed by atoms with Crippen LogP contribution in [0.1, 0.15) is 66.7 Å². The van der Waals surface area contributed by atoms with Crippen LogP contribution in [0.5, 0.6) is 0 Å². The molecule has 0 bridgehead atoms. The summed E-state index contributed by atoms with van der Waals surface area (Å²) in [6.07, 6.45) is 9.34. The highest BCUT2D eigenvalue weighted by molar-refractivity contribution is 9.97. The molecular formula is C16H36S6. The molecule has 0 heterocycles. The molecule has 1 aliphatic rings. The lowest BCUT2D eigenvalue weighted by atomic mass is 10.4. The minimum atomic E-state index is -2.34. The molecule has 0 saturated heterocycles. The van der Waals surface area contributed by atoms with Gasteiger partial charge in [-0.05, 0) is 31.9 Å². The highest BCUT2D eigenvalue weighted by atomic mass is 34.4. The Kier molecular flexibility index (Phi) is 8.71. The molecule has 0 radical (unpaired) electrons. The van der Waals surface area contributed by atoms with E-state index in [0.717, 1.165) is 5.25 Å². The lowest BCUT2D eigenvalue weighted by Crippen LogP contribution is -2.25. The van der Waals surface area contributed by atoms with Crippen molar-refractivity contribution >= 4 is 57.4 Å².